The number of urea groups is 1. The first-order chi connectivity index (χ1) is 13.0. The number of hydrogen-bond acceptors (Lipinski definition) is 3. The summed E-state index contributed by atoms with van der Waals surface area (Å²) >= 11 is 0. The topological polar surface area (TPSA) is 93.3 Å². The molecule has 29 heavy (non-hydrogen) atoms. The summed E-state index contributed by atoms with van der Waals surface area (Å²) in [6, 6.07) is 14.4. The first-order valence-electron chi connectivity index (χ1n) is 8.13. The minimum atomic E-state index is -0.506. The van der Waals surface area contributed by atoms with Gasteiger partial charge in [0.15, 0.2) is 0 Å². The molecular weight excluding hydrogens is 451 g/mol. The maximum atomic E-state index is 12.9. The number of nitrogens with one attached hydrogen (secondary N) is 4. The number of anilines is 4. The average Bonchev–Trinajstić information content (AvgIpc) is 2.65. The van der Waals surface area contributed by atoms with E-state index in [0.29, 0.717) is 23.7 Å². The van der Waals surface area contributed by atoms with Gasteiger partial charge in [-0.1, -0.05) is 12.1 Å². The summed E-state index contributed by atoms with van der Waals surface area (Å²) < 4.78 is 25.8. The molecule has 0 saturated carbocycles. The number of aromatic amines is 1. The van der Waals surface area contributed by atoms with Crippen LogP contribution < -0.4 is 39.1 Å². The summed E-state index contributed by atoms with van der Waals surface area (Å²) in [4.78, 5) is 14.9. The molecule has 10 heteroatoms. The zero-order chi connectivity index (χ0) is 19.2. The third-order valence-electron chi connectivity index (χ3n) is 3.72. The van der Waals surface area contributed by atoms with Crippen LogP contribution in [0.5, 0.6) is 0 Å². The van der Waals surface area contributed by atoms with E-state index in [1.54, 1.807) is 24.3 Å². The van der Waals surface area contributed by atoms with Gasteiger partial charge in [0.2, 0.25) is 11.6 Å². The van der Waals surface area contributed by atoms with E-state index in [1.807, 2.05) is 0 Å². The van der Waals surface area contributed by atoms with Crippen molar-refractivity contribution in [2.24, 2.45) is 0 Å². The summed E-state index contributed by atoms with van der Waals surface area (Å²) in [6.07, 6.45) is 0. The predicted molar refractivity (Wildman–Crippen MR) is 100 cm³/mol. The van der Waals surface area contributed by atoms with E-state index < -0.39 is 6.03 Å². The molecule has 0 spiro atoms. The molecule has 6 N–H and O–H groups in total. The fourth-order valence-corrected chi connectivity index (χ4v) is 2.34. The minimum Gasteiger partial charge on any atom is -1.00 e. The Labute approximate surface area is 183 Å². The molecule has 2 amide bonds. The monoisotopic (exact) mass is 468 g/mol. The zero-order valence-corrected chi connectivity index (χ0v) is 16.6. The van der Waals surface area contributed by atoms with Gasteiger partial charge in [-0.2, -0.15) is 0 Å². The van der Waals surface area contributed by atoms with Gasteiger partial charge >= 0.3 is 6.03 Å². The van der Waals surface area contributed by atoms with Gasteiger partial charge in [-0.05, 0) is 48.0 Å². The molecule has 0 aliphatic heterocycles. The van der Waals surface area contributed by atoms with E-state index >= 15 is 0 Å². The summed E-state index contributed by atoms with van der Waals surface area (Å²) in [5, 5.41) is 8.31. The number of rotatable bonds is 5. The van der Waals surface area contributed by atoms with Gasteiger partial charge in [0.25, 0.3) is 0 Å². The number of H-pyrrole nitrogens is 1. The van der Waals surface area contributed by atoms with Crippen molar-refractivity contribution >= 4 is 29.0 Å². The fraction of sp³-hybridized carbons (Fsp3) is 0.0526. The average molecular weight is 469 g/mol. The molecule has 1 radical (unpaired) electrons. The Morgan fingerprint density at radius 3 is 2.07 bits per heavy atom. The van der Waals surface area contributed by atoms with E-state index in [-0.39, 0.29) is 46.9 Å². The van der Waals surface area contributed by atoms with Crippen molar-refractivity contribution in [1.29, 1.82) is 0 Å². The molecule has 0 saturated heterocycles. The van der Waals surface area contributed by atoms with Crippen LogP contribution in [0.25, 0.3) is 0 Å². The molecule has 0 bridgehead atoms. The third kappa shape index (κ3) is 7.23. The van der Waals surface area contributed by atoms with Crippen LogP contribution in [0, 0.1) is 11.6 Å². The van der Waals surface area contributed by atoms with Crippen molar-refractivity contribution in [2.75, 3.05) is 21.7 Å². The summed E-state index contributed by atoms with van der Waals surface area (Å²) in [6.45, 7) is 0.480. The summed E-state index contributed by atoms with van der Waals surface area (Å²) in [5.74, 6) is 0.224. The molecular formula is C19H18ClCuF2N5O. The normalized spacial score (nSPS) is 9.59. The van der Waals surface area contributed by atoms with E-state index in [4.69, 9.17) is 5.73 Å². The van der Waals surface area contributed by atoms with Crippen LogP contribution in [-0.2, 0) is 23.6 Å². The van der Waals surface area contributed by atoms with Crippen LogP contribution in [0.2, 0.25) is 0 Å². The van der Waals surface area contributed by atoms with Crippen molar-refractivity contribution in [3.05, 3.63) is 77.9 Å². The Balaban J connectivity index is 0.00000210. The Kier molecular flexibility index (Phi) is 9.34. The number of benzene rings is 2. The molecule has 2 aromatic carbocycles. The van der Waals surface area contributed by atoms with Crippen LogP contribution in [0.4, 0.5) is 36.6 Å². The molecule has 0 unspecified atom stereocenters. The predicted octanol–water partition coefficient (Wildman–Crippen LogP) is 0.619. The number of nitrogens with two attached hydrogens (primary N) is 1. The largest absolute Gasteiger partial charge is 1.00 e. The van der Waals surface area contributed by atoms with Gasteiger partial charge in [0.1, 0.15) is 17.3 Å². The van der Waals surface area contributed by atoms with E-state index in [9.17, 15) is 13.6 Å². The van der Waals surface area contributed by atoms with Gasteiger partial charge in [-0.15, -0.1) is 0 Å². The van der Waals surface area contributed by atoms with Gasteiger partial charge in [0.05, 0.1) is 6.54 Å². The molecule has 157 valence electrons. The molecule has 3 rings (SSSR count). The van der Waals surface area contributed by atoms with Crippen molar-refractivity contribution in [1.82, 2.24) is 0 Å². The molecule has 6 nitrogen and oxygen atoms in total. The summed E-state index contributed by atoms with van der Waals surface area (Å²) in [5.41, 5.74) is 7.68. The van der Waals surface area contributed by atoms with Gasteiger partial charge < -0.3 is 34.1 Å². The van der Waals surface area contributed by atoms with Crippen LogP contribution >= 0.6 is 0 Å². The third-order valence-corrected chi connectivity index (χ3v) is 3.72. The number of amides is 2. The van der Waals surface area contributed by atoms with Crippen LogP contribution in [0.15, 0.2) is 60.7 Å². The second-order valence-corrected chi connectivity index (χ2v) is 5.77. The minimum absolute atomic E-state index is 0. The Bertz CT molecular complexity index is 942. The van der Waals surface area contributed by atoms with Crippen molar-refractivity contribution in [2.45, 2.75) is 6.54 Å². The zero-order valence-electron chi connectivity index (χ0n) is 14.9. The first-order valence-corrected chi connectivity index (χ1v) is 8.13. The Morgan fingerprint density at radius 2 is 1.48 bits per heavy atom. The molecule has 1 aromatic heterocycles. The standard InChI is InChI=1S/C19H17F2N5O.ClH.Cu/c20-13-3-1-12(2-4-13)11-23-17-10-9-16(18(22)26-17)25-19(27)24-15-7-5-14(21)6-8-15;;/h1-10H,11H2,(H3,22,23,26)(H2,24,25,27);1H;. The molecule has 3 aromatic rings. The van der Waals surface area contributed by atoms with Crippen molar-refractivity contribution < 1.29 is 48.0 Å². The maximum absolute atomic E-state index is 12.9. The van der Waals surface area contributed by atoms with Crippen LogP contribution in [0.1, 0.15) is 5.56 Å². The molecule has 0 atom stereocenters. The molecule has 1 heterocycles. The maximum Gasteiger partial charge on any atom is 0.323 e. The van der Waals surface area contributed by atoms with Crippen molar-refractivity contribution in [3.63, 3.8) is 0 Å². The number of nitrogen functional groups attached to an aromatic ring is 1. The molecule has 0 fully saturated rings. The quantitative estimate of drug-likeness (QED) is 0.413. The number of hydrogen-bond donors (Lipinski definition) is 4. The van der Waals surface area contributed by atoms with E-state index in [2.05, 4.69) is 20.9 Å². The fourth-order valence-electron chi connectivity index (χ4n) is 2.34. The SMILES string of the molecule is Nc1[nH+]c(NCc2ccc(F)cc2)ccc1NC(=O)Nc1ccc(F)cc1.[Cl-].[Cu]. The van der Waals surface area contributed by atoms with Crippen molar-refractivity contribution in [3.8, 4) is 0 Å². The number of carbonyl (C=O) groups is 1. The second-order valence-electron chi connectivity index (χ2n) is 5.77. The number of carbonyl (C=O) groups excluding carboxylic acids is 1. The Morgan fingerprint density at radius 1 is 0.897 bits per heavy atom. The van der Waals surface area contributed by atoms with E-state index in [1.165, 1.54) is 36.4 Å². The second kappa shape index (κ2) is 11.2. The van der Waals surface area contributed by atoms with Crippen LogP contribution in [0.3, 0.4) is 0 Å². The van der Waals surface area contributed by atoms with E-state index in [0.717, 1.165) is 5.56 Å². The Hall–Kier alpha value is -2.87. The van der Waals surface area contributed by atoms with Gasteiger partial charge in [-0.25, -0.2) is 18.6 Å². The molecule has 0 aliphatic carbocycles. The number of halogens is 3. The number of aromatic nitrogens is 1. The first kappa shape index (κ1) is 24.2. The number of pyridine rings is 1. The molecule has 0 aliphatic rings. The van der Waals surface area contributed by atoms with Gasteiger partial charge in [-0.3, -0.25) is 0 Å². The summed E-state index contributed by atoms with van der Waals surface area (Å²) in [7, 11) is 0. The van der Waals surface area contributed by atoms with Crippen LogP contribution in [-0.4, -0.2) is 6.03 Å². The van der Waals surface area contributed by atoms with Gasteiger partial charge in [0, 0.05) is 28.8 Å². The smallest absolute Gasteiger partial charge is 0.323 e.